The maximum absolute atomic E-state index is 11.0. The van der Waals surface area contributed by atoms with Gasteiger partial charge in [-0.05, 0) is 30.5 Å². The van der Waals surface area contributed by atoms with E-state index in [0.717, 1.165) is 11.3 Å². The number of hydrogen-bond donors (Lipinski definition) is 1. The number of rotatable bonds is 10. The summed E-state index contributed by atoms with van der Waals surface area (Å²) in [6.45, 7) is 0. The van der Waals surface area contributed by atoms with Crippen LogP contribution in [0.4, 0.5) is 0 Å². The molecule has 1 aromatic heterocycles. The summed E-state index contributed by atoms with van der Waals surface area (Å²) >= 11 is 1.42. The molecule has 1 unspecified atom stereocenters. The molecule has 0 aliphatic heterocycles. The molecular weight excluding hydrogens is 356 g/mol. The molecule has 8 heteroatoms. The van der Waals surface area contributed by atoms with E-state index in [0.29, 0.717) is 29.8 Å². The first-order valence-corrected chi connectivity index (χ1v) is 8.90. The number of ether oxygens (including phenoxy) is 3. The average molecular weight is 378 g/mol. The third kappa shape index (κ3) is 6.11. The monoisotopic (exact) mass is 378 g/mol. The van der Waals surface area contributed by atoms with Gasteiger partial charge in [0.15, 0.2) is 5.16 Å². The Balaban J connectivity index is 2.16. The molecule has 1 aromatic carbocycles. The molecule has 1 atom stereocenters. The molecule has 0 bridgehead atoms. The molecule has 2 aromatic rings. The number of aromatic nitrogens is 2. The maximum Gasteiger partial charge on any atom is 0.303 e. The van der Waals surface area contributed by atoms with Crippen molar-refractivity contribution in [1.29, 1.82) is 0 Å². The van der Waals surface area contributed by atoms with Gasteiger partial charge in [-0.1, -0.05) is 23.9 Å². The summed E-state index contributed by atoms with van der Waals surface area (Å²) in [4.78, 5) is 19.6. The molecule has 0 aliphatic carbocycles. The number of carboxylic acid groups (broad SMARTS) is 1. The summed E-state index contributed by atoms with van der Waals surface area (Å²) in [7, 11) is 4.67. The lowest BCUT2D eigenvalue weighted by molar-refractivity contribution is -0.137. The summed E-state index contributed by atoms with van der Waals surface area (Å²) in [5.41, 5.74) is 1.09. The van der Waals surface area contributed by atoms with Crippen LogP contribution in [0.15, 0.2) is 35.5 Å². The SMILES string of the molecule is COc1ccc(CC(CCC(=O)O)Sc2nc(OC)cc(OC)n2)cc1. The minimum Gasteiger partial charge on any atom is -0.497 e. The van der Waals surface area contributed by atoms with Crippen LogP contribution in [0.5, 0.6) is 17.5 Å². The number of thioether (sulfide) groups is 1. The second kappa shape index (κ2) is 9.86. The van der Waals surface area contributed by atoms with Crippen LogP contribution >= 0.6 is 11.8 Å². The van der Waals surface area contributed by atoms with Gasteiger partial charge in [-0.2, -0.15) is 9.97 Å². The molecule has 1 heterocycles. The van der Waals surface area contributed by atoms with Crippen LogP contribution in [0, 0.1) is 0 Å². The highest BCUT2D eigenvalue weighted by Gasteiger charge is 2.17. The number of benzene rings is 1. The van der Waals surface area contributed by atoms with Gasteiger partial charge in [-0.25, -0.2) is 0 Å². The number of methoxy groups -OCH3 is 3. The summed E-state index contributed by atoms with van der Waals surface area (Å²) in [6, 6.07) is 9.32. The van der Waals surface area contributed by atoms with E-state index in [-0.39, 0.29) is 11.7 Å². The molecular formula is C18H22N2O5S. The molecule has 7 nitrogen and oxygen atoms in total. The van der Waals surface area contributed by atoms with Gasteiger partial charge >= 0.3 is 5.97 Å². The van der Waals surface area contributed by atoms with E-state index < -0.39 is 5.97 Å². The number of aliphatic carboxylic acids is 1. The van der Waals surface area contributed by atoms with Crippen molar-refractivity contribution in [2.75, 3.05) is 21.3 Å². The van der Waals surface area contributed by atoms with Crippen LogP contribution in [-0.4, -0.2) is 47.6 Å². The summed E-state index contributed by atoms with van der Waals surface area (Å²) in [6.07, 6.45) is 1.26. The Bertz CT molecular complexity index is 702. The van der Waals surface area contributed by atoms with E-state index in [9.17, 15) is 4.79 Å². The second-order valence-electron chi connectivity index (χ2n) is 5.46. The third-order valence-electron chi connectivity index (χ3n) is 3.65. The smallest absolute Gasteiger partial charge is 0.303 e. The van der Waals surface area contributed by atoms with Gasteiger partial charge in [0, 0.05) is 11.7 Å². The third-order valence-corrected chi connectivity index (χ3v) is 4.78. The Kier molecular flexibility index (Phi) is 7.53. The Morgan fingerprint density at radius 2 is 1.69 bits per heavy atom. The topological polar surface area (TPSA) is 90.8 Å². The summed E-state index contributed by atoms with van der Waals surface area (Å²) in [5, 5.41) is 9.52. The van der Waals surface area contributed by atoms with E-state index in [1.807, 2.05) is 24.3 Å². The zero-order valence-corrected chi connectivity index (χ0v) is 15.8. The minimum atomic E-state index is -0.825. The van der Waals surface area contributed by atoms with Gasteiger partial charge in [0.05, 0.1) is 27.4 Å². The molecule has 0 aliphatic rings. The van der Waals surface area contributed by atoms with E-state index in [1.54, 1.807) is 13.2 Å². The Morgan fingerprint density at radius 3 is 2.19 bits per heavy atom. The maximum atomic E-state index is 11.0. The molecule has 140 valence electrons. The normalized spacial score (nSPS) is 11.7. The average Bonchev–Trinajstić information content (AvgIpc) is 2.66. The zero-order chi connectivity index (χ0) is 18.9. The number of carbonyl (C=O) groups is 1. The van der Waals surface area contributed by atoms with Crippen LogP contribution in [0.25, 0.3) is 0 Å². The molecule has 0 radical (unpaired) electrons. The quantitative estimate of drug-likeness (QED) is 0.498. The van der Waals surface area contributed by atoms with Crippen molar-refractivity contribution in [3.63, 3.8) is 0 Å². The van der Waals surface area contributed by atoms with Gasteiger partial charge < -0.3 is 19.3 Å². The Hall–Kier alpha value is -2.48. The van der Waals surface area contributed by atoms with Crippen LogP contribution in [0.2, 0.25) is 0 Å². The Labute approximate surface area is 156 Å². The first kappa shape index (κ1) is 19.8. The molecule has 2 rings (SSSR count). The van der Waals surface area contributed by atoms with Crippen molar-refractivity contribution < 1.29 is 24.1 Å². The zero-order valence-electron chi connectivity index (χ0n) is 15.0. The lowest BCUT2D eigenvalue weighted by Crippen LogP contribution is -2.11. The fourth-order valence-electron chi connectivity index (χ4n) is 2.31. The van der Waals surface area contributed by atoms with Gasteiger partial charge in [0.2, 0.25) is 11.8 Å². The summed E-state index contributed by atoms with van der Waals surface area (Å²) in [5.74, 6) is 0.764. The largest absolute Gasteiger partial charge is 0.497 e. The van der Waals surface area contributed by atoms with Crippen LogP contribution in [0.1, 0.15) is 18.4 Å². The molecule has 0 saturated heterocycles. The number of carboxylic acids is 1. The lowest BCUT2D eigenvalue weighted by Gasteiger charge is -2.16. The standard InChI is InChI=1S/C18H22N2O5S/c1-23-13-6-4-12(5-7-13)10-14(8-9-17(21)22)26-18-19-15(24-2)11-16(20-18)25-3/h4-7,11,14H,8-10H2,1-3H3,(H,21,22). The summed E-state index contributed by atoms with van der Waals surface area (Å²) < 4.78 is 15.5. The van der Waals surface area contributed by atoms with Crippen LogP contribution in [0.3, 0.4) is 0 Å². The molecule has 1 N–H and O–H groups in total. The van der Waals surface area contributed by atoms with Crippen molar-refractivity contribution in [3.8, 4) is 17.5 Å². The molecule has 0 amide bonds. The van der Waals surface area contributed by atoms with Crippen molar-refractivity contribution in [2.24, 2.45) is 0 Å². The van der Waals surface area contributed by atoms with Gasteiger partial charge in [-0.15, -0.1) is 0 Å². The van der Waals surface area contributed by atoms with Gasteiger partial charge in [-0.3, -0.25) is 4.79 Å². The number of nitrogens with zero attached hydrogens (tertiary/aromatic N) is 2. The van der Waals surface area contributed by atoms with Crippen molar-refractivity contribution >= 4 is 17.7 Å². The minimum absolute atomic E-state index is 0.00342. The van der Waals surface area contributed by atoms with E-state index in [1.165, 1.54) is 26.0 Å². The predicted molar refractivity (Wildman–Crippen MR) is 98.3 cm³/mol. The highest BCUT2D eigenvalue weighted by Crippen LogP contribution is 2.30. The fourth-order valence-corrected chi connectivity index (χ4v) is 3.40. The Morgan fingerprint density at radius 1 is 1.08 bits per heavy atom. The molecule has 0 fully saturated rings. The van der Waals surface area contributed by atoms with E-state index >= 15 is 0 Å². The van der Waals surface area contributed by atoms with E-state index in [2.05, 4.69) is 9.97 Å². The first-order valence-electron chi connectivity index (χ1n) is 8.02. The number of hydrogen-bond acceptors (Lipinski definition) is 7. The highest BCUT2D eigenvalue weighted by molar-refractivity contribution is 7.99. The predicted octanol–water partition coefficient (Wildman–Crippen LogP) is 3.07. The van der Waals surface area contributed by atoms with Crippen molar-refractivity contribution in [3.05, 3.63) is 35.9 Å². The van der Waals surface area contributed by atoms with Crippen LogP contribution < -0.4 is 14.2 Å². The first-order chi connectivity index (χ1) is 12.5. The fraction of sp³-hybridized carbons (Fsp3) is 0.389. The second-order valence-corrected chi connectivity index (χ2v) is 6.73. The van der Waals surface area contributed by atoms with Crippen LogP contribution in [-0.2, 0) is 11.2 Å². The molecule has 26 heavy (non-hydrogen) atoms. The van der Waals surface area contributed by atoms with Gasteiger partial charge in [0.1, 0.15) is 5.75 Å². The molecule has 0 saturated carbocycles. The van der Waals surface area contributed by atoms with E-state index in [4.69, 9.17) is 19.3 Å². The highest BCUT2D eigenvalue weighted by atomic mass is 32.2. The van der Waals surface area contributed by atoms with Crippen molar-refractivity contribution in [2.45, 2.75) is 29.7 Å². The molecule has 0 spiro atoms. The van der Waals surface area contributed by atoms with Crippen molar-refractivity contribution in [1.82, 2.24) is 9.97 Å². The lowest BCUT2D eigenvalue weighted by atomic mass is 10.1. The van der Waals surface area contributed by atoms with Gasteiger partial charge in [0.25, 0.3) is 0 Å².